The van der Waals surface area contributed by atoms with Crippen molar-refractivity contribution in [1.29, 1.82) is 0 Å². The number of hydrogen-bond donors (Lipinski definition) is 2. The topological polar surface area (TPSA) is 65.1 Å². The first kappa shape index (κ1) is 15.7. The van der Waals surface area contributed by atoms with E-state index in [0.29, 0.717) is 18.0 Å². The van der Waals surface area contributed by atoms with E-state index in [0.717, 1.165) is 19.6 Å². The van der Waals surface area contributed by atoms with Crippen LogP contribution in [0.2, 0.25) is 0 Å². The van der Waals surface area contributed by atoms with Crippen LogP contribution >= 0.6 is 0 Å². The normalized spacial score (nSPS) is 20.4. The van der Waals surface area contributed by atoms with Crippen LogP contribution in [0.1, 0.15) is 17.5 Å². The third-order valence-electron chi connectivity index (χ3n) is 3.96. The molecule has 0 spiro atoms. The van der Waals surface area contributed by atoms with Crippen molar-refractivity contribution in [3.8, 4) is 0 Å². The van der Waals surface area contributed by atoms with E-state index >= 15 is 0 Å². The van der Waals surface area contributed by atoms with Crippen LogP contribution in [0.25, 0.3) is 0 Å². The fourth-order valence-electron chi connectivity index (χ4n) is 2.93. The predicted octanol–water partition coefficient (Wildman–Crippen LogP) is 1.30. The molecule has 0 aliphatic carbocycles. The summed E-state index contributed by atoms with van der Waals surface area (Å²) in [6, 6.07) is 4.98. The van der Waals surface area contributed by atoms with Crippen LogP contribution in [0.5, 0.6) is 0 Å². The maximum Gasteiger partial charge on any atom is 0.173 e. The molecule has 6 heteroatoms. The molecule has 21 heavy (non-hydrogen) atoms. The fourth-order valence-corrected chi connectivity index (χ4v) is 2.93. The number of nitrogens with two attached hydrogens (primary N) is 1. The maximum absolute atomic E-state index is 14.3. The van der Waals surface area contributed by atoms with Gasteiger partial charge >= 0.3 is 0 Å². The van der Waals surface area contributed by atoms with Gasteiger partial charge in [-0.25, -0.2) is 4.39 Å². The van der Waals surface area contributed by atoms with Gasteiger partial charge in [0.2, 0.25) is 0 Å². The van der Waals surface area contributed by atoms with E-state index in [-0.39, 0.29) is 11.4 Å². The summed E-state index contributed by atoms with van der Waals surface area (Å²) in [5.74, 6) is 0.0212. The smallest absolute Gasteiger partial charge is 0.173 e. The summed E-state index contributed by atoms with van der Waals surface area (Å²) in [5.41, 5.74) is 6.19. The molecule has 1 aromatic rings. The third kappa shape index (κ3) is 3.92. The van der Waals surface area contributed by atoms with Gasteiger partial charge in [0.05, 0.1) is 5.56 Å². The molecule has 2 rings (SSSR count). The lowest BCUT2D eigenvalue weighted by Gasteiger charge is -2.21. The number of rotatable bonds is 5. The Morgan fingerprint density at radius 2 is 2.33 bits per heavy atom. The minimum absolute atomic E-state index is 0.143. The molecule has 116 valence electrons. The van der Waals surface area contributed by atoms with E-state index in [9.17, 15) is 4.39 Å². The molecule has 1 aromatic carbocycles. The van der Waals surface area contributed by atoms with Gasteiger partial charge < -0.3 is 20.7 Å². The van der Waals surface area contributed by atoms with Crippen molar-refractivity contribution in [1.82, 2.24) is 9.80 Å². The summed E-state index contributed by atoms with van der Waals surface area (Å²) in [6.45, 7) is 3.68. The maximum atomic E-state index is 14.3. The third-order valence-corrected chi connectivity index (χ3v) is 3.96. The largest absolute Gasteiger partial charge is 0.409 e. The van der Waals surface area contributed by atoms with E-state index in [4.69, 9.17) is 10.9 Å². The van der Waals surface area contributed by atoms with Crippen molar-refractivity contribution in [3.63, 3.8) is 0 Å². The average molecular weight is 294 g/mol. The van der Waals surface area contributed by atoms with Crippen molar-refractivity contribution >= 4 is 5.84 Å². The van der Waals surface area contributed by atoms with Gasteiger partial charge in [-0.3, -0.25) is 0 Å². The molecule has 1 atom stereocenters. The van der Waals surface area contributed by atoms with Gasteiger partial charge in [0, 0.05) is 25.2 Å². The molecule has 1 heterocycles. The Balaban J connectivity index is 2.02. The number of oxime groups is 1. The molecule has 1 aliphatic rings. The molecular formula is C15H23FN4O. The Hall–Kier alpha value is -1.66. The second-order valence-electron chi connectivity index (χ2n) is 5.88. The number of amidine groups is 1. The van der Waals surface area contributed by atoms with E-state index in [1.165, 1.54) is 12.5 Å². The molecule has 0 bridgehead atoms. The zero-order valence-corrected chi connectivity index (χ0v) is 12.6. The zero-order chi connectivity index (χ0) is 15.4. The molecule has 1 aliphatic heterocycles. The molecule has 1 fully saturated rings. The Labute approximate surface area is 124 Å². The predicted molar refractivity (Wildman–Crippen MR) is 80.8 cm³/mol. The molecule has 0 amide bonds. The molecule has 0 aromatic heterocycles. The van der Waals surface area contributed by atoms with Gasteiger partial charge in [0.1, 0.15) is 5.82 Å². The SMILES string of the molecule is CN1CCC(CN(C)Cc2cccc(/C(N)=N/O)c2F)C1. The number of hydrogen-bond acceptors (Lipinski definition) is 4. The highest BCUT2D eigenvalue weighted by Gasteiger charge is 2.21. The first-order valence-electron chi connectivity index (χ1n) is 7.13. The Morgan fingerprint density at radius 1 is 1.57 bits per heavy atom. The van der Waals surface area contributed by atoms with Crippen LogP contribution in [0.4, 0.5) is 4.39 Å². The Bertz CT molecular complexity index is 520. The molecular weight excluding hydrogens is 271 g/mol. The molecule has 5 nitrogen and oxygen atoms in total. The van der Waals surface area contributed by atoms with Crippen LogP contribution in [0.15, 0.2) is 23.4 Å². The minimum atomic E-state index is -0.414. The van der Waals surface area contributed by atoms with Crippen molar-refractivity contribution < 1.29 is 9.60 Å². The van der Waals surface area contributed by atoms with Gasteiger partial charge in [-0.1, -0.05) is 17.3 Å². The van der Waals surface area contributed by atoms with Crippen LogP contribution in [-0.2, 0) is 6.54 Å². The lowest BCUT2D eigenvalue weighted by atomic mass is 10.1. The van der Waals surface area contributed by atoms with Gasteiger partial charge in [-0.15, -0.1) is 0 Å². The summed E-state index contributed by atoms with van der Waals surface area (Å²) in [7, 11) is 4.12. The van der Waals surface area contributed by atoms with Gasteiger partial charge in [0.25, 0.3) is 0 Å². The first-order valence-corrected chi connectivity index (χ1v) is 7.13. The lowest BCUT2D eigenvalue weighted by Crippen LogP contribution is -2.27. The van der Waals surface area contributed by atoms with E-state index < -0.39 is 5.82 Å². The number of nitrogens with zero attached hydrogens (tertiary/aromatic N) is 3. The zero-order valence-electron chi connectivity index (χ0n) is 12.6. The van der Waals surface area contributed by atoms with Crippen molar-refractivity contribution in [2.45, 2.75) is 13.0 Å². The standard InChI is InChI=1S/C15H23FN4O/c1-19-7-6-11(8-19)9-20(2)10-12-4-3-5-13(14(12)16)15(17)18-21/h3-5,11,21H,6-10H2,1-2H3,(H2,17,18). The minimum Gasteiger partial charge on any atom is -0.409 e. The van der Waals surface area contributed by atoms with Crippen molar-refractivity contribution in [2.75, 3.05) is 33.7 Å². The fraction of sp³-hybridized carbons (Fsp3) is 0.533. The van der Waals surface area contributed by atoms with Crippen molar-refractivity contribution in [3.05, 3.63) is 35.1 Å². The molecule has 1 saturated heterocycles. The monoisotopic (exact) mass is 294 g/mol. The van der Waals surface area contributed by atoms with E-state index in [1.54, 1.807) is 12.1 Å². The van der Waals surface area contributed by atoms with Crippen molar-refractivity contribution in [2.24, 2.45) is 16.8 Å². The van der Waals surface area contributed by atoms with Crippen LogP contribution in [0.3, 0.4) is 0 Å². The van der Waals surface area contributed by atoms with Crippen LogP contribution < -0.4 is 5.73 Å². The van der Waals surface area contributed by atoms with E-state index in [1.807, 2.05) is 7.05 Å². The Morgan fingerprint density at radius 3 is 2.95 bits per heavy atom. The summed E-state index contributed by atoms with van der Waals surface area (Å²) in [5, 5.41) is 11.5. The summed E-state index contributed by atoms with van der Waals surface area (Å²) in [6.07, 6.45) is 1.19. The molecule has 0 saturated carbocycles. The van der Waals surface area contributed by atoms with Crippen LogP contribution in [-0.4, -0.2) is 54.6 Å². The average Bonchev–Trinajstić information content (AvgIpc) is 2.85. The molecule has 0 radical (unpaired) electrons. The Kier molecular flexibility index (Phi) is 5.14. The molecule has 3 N–H and O–H groups in total. The lowest BCUT2D eigenvalue weighted by molar-refractivity contribution is 0.264. The number of benzene rings is 1. The first-order chi connectivity index (χ1) is 10.0. The highest BCUT2D eigenvalue weighted by atomic mass is 19.1. The quantitative estimate of drug-likeness (QED) is 0.372. The summed E-state index contributed by atoms with van der Waals surface area (Å²) < 4.78 is 14.3. The van der Waals surface area contributed by atoms with E-state index in [2.05, 4.69) is 22.0 Å². The second-order valence-corrected chi connectivity index (χ2v) is 5.88. The number of halogens is 1. The summed E-state index contributed by atoms with van der Waals surface area (Å²) >= 11 is 0. The highest BCUT2D eigenvalue weighted by Crippen LogP contribution is 2.18. The summed E-state index contributed by atoms with van der Waals surface area (Å²) in [4.78, 5) is 4.44. The van der Waals surface area contributed by atoms with Gasteiger partial charge in [-0.05, 0) is 39.0 Å². The van der Waals surface area contributed by atoms with Gasteiger partial charge in [-0.2, -0.15) is 0 Å². The van der Waals surface area contributed by atoms with Gasteiger partial charge in [0.15, 0.2) is 5.84 Å². The second kappa shape index (κ2) is 6.87. The van der Waals surface area contributed by atoms with Crippen LogP contribution in [0, 0.1) is 11.7 Å². The number of likely N-dealkylation sites (tertiary alicyclic amines) is 1. The highest BCUT2D eigenvalue weighted by molar-refractivity contribution is 5.97. The molecule has 1 unspecified atom stereocenters.